The van der Waals surface area contributed by atoms with Crippen LogP contribution in [0, 0.1) is 12.7 Å². The quantitative estimate of drug-likeness (QED) is 0.803. The molecule has 0 spiro atoms. The molecule has 0 unspecified atom stereocenters. The van der Waals surface area contributed by atoms with Gasteiger partial charge >= 0.3 is 0 Å². The van der Waals surface area contributed by atoms with Crippen LogP contribution in [0.4, 0.5) is 4.39 Å². The minimum absolute atomic E-state index is 0.102. The Morgan fingerprint density at radius 2 is 2.20 bits per heavy atom. The van der Waals surface area contributed by atoms with Crippen LogP contribution in [0.2, 0.25) is 0 Å². The number of aryl methyl sites for hydroxylation is 1. The lowest BCUT2D eigenvalue weighted by atomic mass is 10.2. The molecule has 1 aromatic carbocycles. The van der Waals surface area contributed by atoms with Crippen molar-refractivity contribution in [3.63, 3.8) is 0 Å². The Bertz CT molecular complexity index is 486. The van der Waals surface area contributed by atoms with Crippen molar-refractivity contribution in [3.8, 4) is 0 Å². The molecule has 1 aromatic heterocycles. The maximum Gasteiger partial charge on any atom is 0.123 e. The molecule has 0 saturated carbocycles. The summed E-state index contributed by atoms with van der Waals surface area (Å²) in [4.78, 5) is 0. The van der Waals surface area contributed by atoms with Gasteiger partial charge in [0.2, 0.25) is 0 Å². The fraction of sp³-hybridized carbons (Fsp3) is 0.333. The Labute approximate surface area is 88.5 Å². The third-order valence-corrected chi connectivity index (χ3v) is 2.53. The van der Waals surface area contributed by atoms with Gasteiger partial charge in [-0.3, -0.25) is 0 Å². The number of halogens is 1. The normalized spacial score (nSPS) is 13.3. The predicted octanol–water partition coefficient (Wildman–Crippen LogP) is 2.44. The average Bonchev–Trinajstić information content (AvgIpc) is 2.42. The molecule has 0 aliphatic heterocycles. The summed E-state index contributed by atoms with van der Waals surface area (Å²) in [6, 6.07) is 4.96. The second-order valence-corrected chi connectivity index (χ2v) is 4.10. The van der Waals surface area contributed by atoms with Crippen LogP contribution in [-0.2, 0) is 6.54 Å². The number of hydrogen-bond acceptors (Lipinski definition) is 1. The smallest absolute Gasteiger partial charge is 0.123 e. The molecule has 2 N–H and O–H groups in total. The van der Waals surface area contributed by atoms with Gasteiger partial charge < -0.3 is 10.3 Å². The molecule has 1 heterocycles. The molecule has 0 bridgehead atoms. The van der Waals surface area contributed by atoms with Gasteiger partial charge in [-0.15, -0.1) is 0 Å². The van der Waals surface area contributed by atoms with Crippen molar-refractivity contribution >= 4 is 10.9 Å². The van der Waals surface area contributed by atoms with Crippen LogP contribution < -0.4 is 5.73 Å². The van der Waals surface area contributed by atoms with E-state index in [9.17, 15) is 4.39 Å². The summed E-state index contributed by atoms with van der Waals surface area (Å²) >= 11 is 0. The average molecular weight is 206 g/mol. The first kappa shape index (κ1) is 10.2. The van der Waals surface area contributed by atoms with Crippen LogP contribution in [0.1, 0.15) is 12.5 Å². The highest BCUT2D eigenvalue weighted by atomic mass is 19.1. The Morgan fingerprint density at radius 3 is 2.87 bits per heavy atom. The van der Waals surface area contributed by atoms with E-state index < -0.39 is 0 Å². The lowest BCUT2D eigenvalue weighted by Gasteiger charge is -2.07. The van der Waals surface area contributed by atoms with Gasteiger partial charge in [-0.1, -0.05) is 0 Å². The number of fused-ring (bicyclic) bond motifs is 1. The zero-order valence-electron chi connectivity index (χ0n) is 9.00. The Balaban J connectivity index is 2.57. The van der Waals surface area contributed by atoms with Crippen LogP contribution in [-0.4, -0.2) is 10.6 Å². The third kappa shape index (κ3) is 1.88. The van der Waals surface area contributed by atoms with Gasteiger partial charge in [0, 0.05) is 29.7 Å². The molecular weight excluding hydrogens is 191 g/mol. The highest BCUT2D eigenvalue weighted by Gasteiger charge is 2.07. The third-order valence-electron chi connectivity index (χ3n) is 2.53. The summed E-state index contributed by atoms with van der Waals surface area (Å²) in [5.41, 5.74) is 7.90. The minimum Gasteiger partial charge on any atom is -0.346 e. The van der Waals surface area contributed by atoms with Crippen molar-refractivity contribution in [1.82, 2.24) is 4.57 Å². The van der Waals surface area contributed by atoms with Crippen LogP contribution in [0.25, 0.3) is 10.9 Å². The molecule has 80 valence electrons. The van der Waals surface area contributed by atoms with Gasteiger partial charge in [-0.25, -0.2) is 4.39 Å². The summed E-state index contributed by atoms with van der Waals surface area (Å²) < 4.78 is 15.1. The molecule has 0 amide bonds. The van der Waals surface area contributed by atoms with Crippen molar-refractivity contribution in [1.29, 1.82) is 0 Å². The summed E-state index contributed by atoms with van der Waals surface area (Å²) in [5.74, 6) is -0.191. The molecule has 1 atom stereocenters. The number of aromatic nitrogens is 1. The fourth-order valence-electron chi connectivity index (χ4n) is 1.91. The van der Waals surface area contributed by atoms with Gasteiger partial charge in [0.15, 0.2) is 0 Å². The standard InChI is InChI=1S/C12H15FN2/c1-8-6-15(7-9(2)14)12-4-3-10(13)5-11(8)12/h3-6,9H,7,14H2,1-2H3/t9-/m0/s1. The number of rotatable bonds is 2. The molecule has 2 aromatic rings. The van der Waals surface area contributed by atoms with Crippen molar-refractivity contribution < 1.29 is 4.39 Å². The molecule has 15 heavy (non-hydrogen) atoms. The van der Waals surface area contributed by atoms with E-state index in [0.717, 1.165) is 23.0 Å². The van der Waals surface area contributed by atoms with E-state index in [1.165, 1.54) is 6.07 Å². The van der Waals surface area contributed by atoms with E-state index in [1.807, 2.05) is 20.0 Å². The SMILES string of the molecule is Cc1cn(C[C@H](C)N)c2ccc(F)cc12. The van der Waals surface area contributed by atoms with Crippen LogP contribution in [0.3, 0.4) is 0 Å². The lowest BCUT2D eigenvalue weighted by Crippen LogP contribution is -2.21. The largest absolute Gasteiger partial charge is 0.346 e. The van der Waals surface area contributed by atoms with Crippen LogP contribution in [0.5, 0.6) is 0 Å². The number of benzene rings is 1. The van der Waals surface area contributed by atoms with Gasteiger partial charge in [0.05, 0.1) is 0 Å². The van der Waals surface area contributed by atoms with Crippen LogP contribution >= 0.6 is 0 Å². The molecule has 2 rings (SSSR count). The topological polar surface area (TPSA) is 30.9 Å². The fourth-order valence-corrected chi connectivity index (χ4v) is 1.91. The highest BCUT2D eigenvalue weighted by molar-refractivity contribution is 5.83. The van der Waals surface area contributed by atoms with E-state index in [1.54, 1.807) is 12.1 Å². The Hall–Kier alpha value is -1.35. The minimum atomic E-state index is -0.191. The molecule has 0 aliphatic rings. The van der Waals surface area contributed by atoms with E-state index in [0.29, 0.717) is 0 Å². The predicted molar refractivity (Wildman–Crippen MR) is 60.3 cm³/mol. The zero-order valence-corrected chi connectivity index (χ0v) is 9.00. The summed E-state index contributed by atoms with van der Waals surface area (Å²) in [6.07, 6.45) is 2.02. The van der Waals surface area contributed by atoms with Gasteiger partial charge in [-0.2, -0.15) is 0 Å². The van der Waals surface area contributed by atoms with Gasteiger partial charge in [0.1, 0.15) is 5.82 Å². The zero-order chi connectivity index (χ0) is 11.0. The number of hydrogen-bond donors (Lipinski definition) is 1. The first-order valence-electron chi connectivity index (χ1n) is 5.08. The summed E-state index contributed by atoms with van der Waals surface area (Å²) in [5, 5.41) is 0.968. The molecule has 0 saturated heterocycles. The summed E-state index contributed by atoms with van der Waals surface area (Å²) in [7, 11) is 0. The first-order chi connectivity index (χ1) is 7.08. The van der Waals surface area contributed by atoms with Gasteiger partial charge in [-0.05, 0) is 37.6 Å². The van der Waals surface area contributed by atoms with E-state index >= 15 is 0 Å². The monoisotopic (exact) mass is 206 g/mol. The second-order valence-electron chi connectivity index (χ2n) is 4.10. The second kappa shape index (κ2) is 3.66. The molecule has 0 radical (unpaired) electrons. The highest BCUT2D eigenvalue weighted by Crippen LogP contribution is 2.21. The van der Waals surface area contributed by atoms with E-state index in [2.05, 4.69) is 4.57 Å². The van der Waals surface area contributed by atoms with Gasteiger partial charge in [0.25, 0.3) is 0 Å². The Morgan fingerprint density at radius 1 is 1.47 bits per heavy atom. The molecule has 0 aliphatic carbocycles. The van der Waals surface area contributed by atoms with Crippen molar-refractivity contribution in [2.24, 2.45) is 5.73 Å². The maximum absolute atomic E-state index is 13.1. The molecule has 2 nitrogen and oxygen atoms in total. The first-order valence-corrected chi connectivity index (χ1v) is 5.08. The van der Waals surface area contributed by atoms with Crippen molar-refractivity contribution in [2.45, 2.75) is 26.4 Å². The van der Waals surface area contributed by atoms with Crippen molar-refractivity contribution in [3.05, 3.63) is 35.8 Å². The molecule has 0 fully saturated rings. The molecular formula is C12H15FN2. The van der Waals surface area contributed by atoms with Crippen LogP contribution in [0.15, 0.2) is 24.4 Å². The van der Waals surface area contributed by atoms with E-state index in [-0.39, 0.29) is 11.9 Å². The number of nitrogens with zero attached hydrogens (tertiary/aromatic N) is 1. The number of nitrogens with two attached hydrogens (primary N) is 1. The summed E-state index contributed by atoms with van der Waals surface area (Å²) in [6.45, 7) is 4.71. The van der Waals surface area contributed by atoms with Crippen molar-refractivity contribution in [2.75, 3.05) is 0 Å². The lowest BCUT2D eigenvalue weighted by molar-refractivity contribution is 0.604. The maximum atomic E-state index is 13.1. The van der Waals surface area contributed by atoms with E-state index in [4.69, 9.17) is 5.73 Å². The Kier molecular flexibility index (Phi) is 2.49. The molecule has 3 heteroatoms.